The van der Waals surface area contributed by atoms with Gasteiger partial charge in [0.2, 0.25) is 0 Å². The normalized spacial score (nSPS) is 11.1. The van der Waals surface area contributed by atoms with Gasteiger partial charge in [0, 0.05) is 11.8 Å². The molecule has 0 N–H and O–H groups in total. The molecule has 0 atom stereocenters. The van der Waals surface area contributed by atoms with Gasteiger partial charge in [-0.3, -0.25) is 4.79 Å². The Labute approximate surface area is 99.3 Å². The standard InChI is InChI=1S/C9H7ClF3NO3/c1-16-8-6(4-15)14-3-5(2-10)7(8)17-9(11,12)13/h3-4H,2H2,1H3. The Morgan fingerprint density at radius 2 is 2.12 bits per heavy atom. The Morgan fingerprint density at radius 1 is 1.47 bits per heavy atom. The first-order valence-corrected chi connectivity index (χ1v) is 4.79. The summed E-state index contributed by atoms with van der Waals surface area (Å²) in [5.41, 5.74) is -0.313. The number of halogens is 4. The van der Waals surface area contributed by atoms with E-state index in [2.05, 4.69) is 14.5 Å². The van der Waals surface area contributed by atoms with Gasteiger partial charge in [0.15, 0.2) is 17.8 Å². The zero-order valence-electron chi connectivity index (χ0n) is 8.55. The van der Waals surface area contributed by atoms with Crippen molar-refractivity contribution >= 4 is 17.9 Å². The third-order valence-electron chi connectivity index (χ3n) is 1.77. The molecule has 1 heterocycles. The number of carbonyl (C=O) groups is 1. The summed E-state index contributed by atoms with van der Waals surface area (Å²) in [5.74, 6) is -1.30. The van der Waals surface area contributed by atoms with E-state index >= 15 is 0 Å². The number of alkyl halides is 4. The molecule has 0 aliphatic heterocycles. The molecule has 0 fully saturated rings. The highest BCUT2D eigenvalue weighted by Crippen LogP contribution is 2.37. The van der Waals surface area contributed by atoms with Gasteiger partial charge in [0.25, 0.3) is 0 Å². The predicted molar refractivity (Wildman–Crippen MR) is 52.4 cm³/mol. The van der Waals surface area contributed by atoms with E-state index in [1.54, 1.807) is 0 Å². The van der Waals surface area contributed by atoms with E-state index in [4.69, 9.17) is 11.6 Å². The highest BCUT2D eigenvalue weighted by molar-refractivity contribution is 6.17. The molecule has 0 aliphatic rings. The van der Waals surface area contributed by atoms with E-state index in [1.165, 1.54) is 0 Å². The molecule has 0 aliphatic carbocycles. The summed E-state index contributed by atoms with van der Waals surface area (Å²) in [6.07, 6.45) is -3.62. The largest absolute Gasteiger partial charge is 0.573 e. The van der Waals surface area contributed by atoms with Crippen LogP contribution < -0.4 is 9.47 Å². The van der Waals surface area contributed by atoms with E-state index < -0.39 is 17.9 Å². The molecule has 0 radical (unpaired) electrons. The van der Waals surface area contributed by atoms with Gasteiger partial charge in [-0.2, -0.15) is 0 Å². The van der Waals surface area contributed by atoms with Crippen molar-refractivity contribution in [2.45, 2.75) is 12.2 Å². The molecule has 0 bridgehead atoms. The maximum atomic E-state index is 12.2. The van der Waals surface area contributed by atoms with Crippen LogP contribution in [0.4, 0.5) is 13.2 Å². The van der Waals surface area contributed by atoms with Gasteiger partial charge in [-0.05, 0) is 0 Å². The molecular weight excluding hydrogens is 263 g/mol. The first-order chi connectivity index (χ1) is 7.92. The minimum Gasteiger partial charge on any atom is -0.491 e. The maximum absolute atomic E-state index is 12.2. The lowest BCUT2D eigenvalue weighted by atomic mass is 10.2. The third kappa shape index (κ3) is 3.23. The molecule has 1 aromatic heterocycles. The average Bonchev–Trinajstić information content (AvgIpc) is 2.26. The van der Waals surface area contributed by atoms with Crippen molar-refractivity contribution in [3.8, 4) is 11.5 Å². The SMILES string of the molecule is COc1c(C=O)ncc(CCl)c1OC(F)(F)F. The van der Waals surface area contributed by atoms with Crippen LogP contribution >= 0.6 is 11.6 Å². The Kier molecular flexibility index (Phi) is 4.17. The molecule has 0 saturated heterocycles. The quantitative estimate of drug-likeness (QED) is 0.622. The Bertz CT molecular complexity index is 423. The monoisotopic (exact) mass is 269 g/mol. The molecule has 0 aromatic carbocycles. The second kappa shape index (κ2) is 5.22. The predicted octanol–water partition coefficient (Wildman–Crippen LogP) is 2.54. The van der Waals surface area contributed by atoms with Crippen LogP contribution in [-0.4, -0.2) is 24.7 Å². The van der Waals surface area contributed by atoms with Crippen molar-refractivity contribution in [1.29, 1.82) is 0 Å². The summed E-state index contributed by atoms with van der Waals surface area (Å²) in [6, 6.07) is 0. The molecule has 1 aromatic rings. The first kappa shape index (κ1) is 13.6. The van der Waals surface area contributed by atoms with E-state index in [9.17, 15) is 18.0 Å². The van der Waals surface area contributed by atoms with E-state index in [0.717, 1.165) is 13.3 Å². The lowest BCUT2D eigenvalue weighted by Gasteiger charge is -2.15. The minimum absolute atomic E-state index is 0.0218. The van der Waals surface area contributed by atoms with Crippen LogP contribution in [0.3, 0.4) is 0 Å². The number of rotatable bonds is 4. The van der Waals surface area contributed by atoms with Crippen LogP contribution in [0, 0.1) is 0 Å². The second-order valence-electron chi connectivity index (χ2n) is 2.83. The van der Waals surface area contributed by atoms with Gasteiger partial charge in [0.05, 0.1) is 13.0 Å². The third-order valence-corrected chi connectivity index (χ3v) is 2.06. The number of hydrogen-bond donors (Lipinski definition) is 0. The first-order valence-electron chi connectivity index (χ1n) is 4.25. The molecule has 1 rings (SSSR count). The number of methoxy groups -OCH3 is 1. The lowest BCUT2D eigenvalue weighted by Crippen LogP contribution is -2.19. The van der Waals surface area contributed by atoms with Gasteiger partial charge < -0.3 is 9.47 Å². The topological polar surface area (TPSA) is 48.4 Å². The summed E-state index contributed by atoms with van der Waals surface area (Å²) >= 11 is 5.45. The van der Waals surface area contributed by atoms with Crippen molar-refractivity contribution in [2.75, 3.05) is 7.11 Å². The van der Waals surface area contributed by atoms with Crippen molar-refractivity contribution in [1.82, 2.24) is 4.98 Å². The Hall–Kier alpha value is -1.50. The van der Waals surface area contributed by atoms with Gasteiger partial charge in [0.1, 0.15) is 5.69 Å². The summed E-state index contributed by atoms with van der Waals surface area (Å²) < 4.78 is 45.0. The smallest absolute Gasteiger partial charge is 0.491 e. The lowest BCUT2D eigenvalue weighted by molar-refractivity contribution is -0.275. The number of aromatic nitrogens is 1. The van der Waals surface area contributed by atoms with Crippen LogP contribution in [0.2, 0.25) is 0 Å². The van der Waals surface area contributed by atoms with E-state index in [0.29, 0.717) is 0 Å². The van der Waals surface area contributed by atoms with Gasteiger partial charge in [-0.15, -0.1) is 24.8 Å². The summed E-state index contributed by atoms with van der Waals surface area (Å²) in [5, 5.41) is 0. The van der Waals surface area contributed by atoms with Gasteiger partial charge in [-0.25, -0.2) is 4.98 Å². The van der Waals surface area contributed by atoms with Crippen LogP contribution in [0.1, 0.15) is 16.1 Å². The van der Waals surface area contributed by atoms with Crippen LogP contribution in [0.15, 0.2) is 6.20 Å². The fraction of sp³-hybridized carbons (Fsp3) is 0.333. The van der Waals surface area contributed by atoms with E-state index in [-0.39, 0.29) is 23.4 Å². The Morgan fingerprint density at radius 3 is 2.53 bits per heavy atom. The summed E-state index contributed by atoms with van der Waals surface area (Å²) in [6.45, 7) is 0. The van der Waals surface area contributed by atoms with Crippen LogP contribution in [0.5, 0.6) is 11.5 Å². The van der Waals surface area contributed by atoms with Crippen molar-refractivity contribution in [2.24, 2.45) is 0 Å². The van der Waals surface area contributed by atoms with Crippen LogP contribution in [0.25, 0.3) is 0 Å². The van der Waals surface area contributed by atoms with Crippen LogP contribution in [-0.2, 0) is 5.88 Å². The van der Waals surface area contributed by atoms with Crippen molar-refractivity contribution in [3.05, 3.63) is 17.5 Å². The molecular formula is C9H7ClF3NO3. The summed E-state index contributed by atoms with van der Waals surface area (Å²) in [4.78, 5) is 14.2. The highest BCUT2D eigenvalue weighted by atomic mass is 35.5. The second-order valence-corrected chi connectivity index (χ2v) is 3.10. The van der Waals surface area contributed by atoms with Gasteiger partial charge in [-0.1, -0.05) is 0 Å². The van der Waals surface area contributed by atoms with E-state index in [1.807, 2.05) is 0 Å². The molecule has 4 nitrogen and oxygen atoms in total. The number of nitrogens with zero attached hydrogens (tertiary/aromatic N) is 1. The molecule has 17 heavy (non-hydrogen) atoms. The number of aldehydes is 1. The fourth-order valence-electron chi connectivity index (χ4n) is 1.13. The zero-order chi connectivity index (χ0) is 13.1. The molecule has 0 unspecified atom stereocenters. The highest BCUT2D eigenvalue weighted by Gasteiger charge is 2.34. The van der Waals surface area contributed by atoms with Gasteiger partial charge >= 0.3 is 6.36 Å². The molecule has 0 spiro atoms. The fourth-order valence-corrected chi connectivity index (χ4v) is 1.32. The Balaban J connectivity index is 3.34. The van der Waals surface area contributed by atoms with Crippen molar-refractivity contribution in [3.63, 3.8) is 0 Å². The average molecular weight is 270 g/mol. The molecule has 8 heteroatoms. The number of ether oxygens (including phenoxy) is 2. The molecule has 94 valence electrons. The number of carbonyl (C=O) groups excluding carboxylic acids is 1. The van der Waals surface area contributed by atoms with Crippen molar-refractivity contribution < 1.29 is 27.4 Å². The zero-order valence-corrected chi connectivity index (χ0v) is 9.30. The summed E-state index contributed by atoms with van der Waals surface area (Å²) in [7, 11) is 1.10. The number of pyridine rings is 1. The number of hydrogen-bond acceptors (Lipinski definition) is 4. The minimum atomic E-state index is -4.91. The maximum Gasteiger partial charge on any atom is 0.573 e. The molecule has 0 amide bonds. The molecule has 0 saturated carbocycles.